The minimum absolute atomic E-state index is 0.860. The Kier molecular flexibility index (Phi) is 9.95. The molecule has 4 nitrogen and oxygen atoms in total. The standard InChI is InChI=1S/C33H41B3N4/c1-5-26(32-28(34)11-6-12-29(32)35)31(25-17-18-30-27(21-25)33(36)39-38-30)24-15-13-23(14-16-24)10-8-20-37-19-7-9-22(2)40(3)4/h6-7,9,11-18,21,37H,2,5,8,10,19-20,34-36H2,1,3-4H3,(H,38,39)/b9-7+,31-26+. The van der Waals surface area contributed by atoms with E-state index in [0.717, 1.165) is 49.2 Å². The Morgan fingerprint density at radius 1 is 1.00 bits per heavy atom. The van der Waals surface area contributed by atoms with E-state index in [9.17, 15) is 0 Å². The van der Waals surface area contributed by atoms with E-state index in [1.54, 1.807) is 0 Å². The van der Waals surface area contributed by atoms with Gasteiger partial charge < -0.3 is 10.2 Å². The number of nitrogens with zero attached hydrogens (tertiary/aromatic N) is 2. The molecular formula is C33H41B3N4. The fraction of sp³-hybridized carbons (Fsp3) is 0.242. The van der Waals surface area contributed by atoms with E-state index in [0.29, 0.717) is 0 Å². The predicted molar refractivity (Wildman–Crippen MR) is 183 cm³/mol. The summed E-state index contributed by atoms with van der Waals surface area (Å²) >= 11 is 0. The molecule has 3 aromatic carbocycles. The molecule has 7 heteroatoms. The molecule has 40 heavy (non-hydrogen) atoms. The summed E-state index contributed by atoms with van der Waals surface area (Å²) in [7, 11) is 10.5. The number of hydrogen-bond donors (Lipinski definition) is 2. The minimum atomic E-state index is 0.860. The lowest BCUT2D eigenvalue weighted by Crippen LogP contribution is -2.22. The third-order valence-corrected chi connectivity index (χ3v) is 7.69. The predicted octanol–water partition coefficient (Wildman–Crippen LogP) is 1.86. The highest BCUT2D eigenvalue weighted by Crippen LogP contribution is 2.34. The average Bonchev–Trinajstić information content (AvgIpc) is 3.32. The Labute approximate surface area is 242 Å². The maximum atomic E-state index is 4.44. The summed E-state index contributed by atoms with van der Waals surface area (Å²) in [5.41, 5.74) is 13.7. The Hall–Kier alpha value is -3.70. The molecule has 0 saturated heterocycles. The highest BCUT2D eigenvalue weighted by Gasteiger charge is 2.17. The summed E-state index contributed by atoms with van der Waals surface area (Å²) in [6.45, 7) is 8.15. The molecule has 0 radical (unpaired) electrons. The van der Waals surface area contributed by atoms with Crippen LogP contribution in [-0.4, -0.2) is 65.8 Å². The zero-order valence-electron chi connectivity index (χ0n) is 25.1. The molecule has 1 heterocycles. The molecule has 0 amide bonds. The molecule has 4 rings (SSSR count). The second-order valence-electron chi connectivity index (χ2n) is 10.8. The molecule has 202 valence electrons. The molecule has 0 aliphatic carbocycles. The third kappa shape index (κ3) is 6.89. The van der Waals surface area contributed by atoms with Crippen molar-refractivity contribution in [3.05, 3.63) is 107 Å². The number of likely N-dealkylation sites (N-methyl/N-ethyl adjacent to an activating group) is 1. The number of H-pyrrole nitrogens is 1. The van der Waals surface area contributed by atoms with Gasteiger partial charge in [0.1, 0.15) is 15.7 Å². The molecular weight excluding hydrogens is 485 g/mol. The van der Waals surface area contributed by atoms with Crippen LogP contribution in [0.25, 0.3) is 22.0 Å². The van der Waals surface area contributed by atoms with Crippen LogP contribution < -0.4 is 21.8 Å². The van der Waals surface area contributed by atoms with Crippen LogP contribution in [0, 0.1) is 0 Å². The number of allylic oxidation sites excluding steroid dienone is 2. The normalized spacial score (nSPS) is 12.2. The first-order chi connectivity index (χ1) is 19.3. The average molecular weight is 526 g/mol. The van der Waals surface area contributed by atoms with Crippen LogP contribution >= 0.6 is 0 Å². The molecule has 1 aromatic heterocycles. The van der Waals surface area contributed by atoms with E-state index < -0.39 is 0 Å². The largest absolute Gasteiger partial charge is 0.378 e. The van der Waals surface area contributed by atoms with Gasteiger partial charge in [0.15, 0.2) is 7.85 Å². The molecule has 0 aliphatic rings. The number of aromatic nitrogens is 2. The summed E-state index contributed by atoms with van der Waals surface area (Å²) in [5, 5.41) is 12.3. The molecule has 0 fully saturated rings. The van der Waals surface area contributed by atoms with Crippen molar-refractivity contribution in [1.29, 1.82) is 0 Å². The highest BCUT2D eigenvalue weighted by molar-refractivity contribution is 6.42. The van der Waals surface area contributed by atoms with Gasteiger partial charge in [0.25, 0.3) is 0 Å². The lowest BCUT2D eigenvalue weighted by Gasteiger charge is -2.20. The van der Waals surface area contributed by atoms with Crippen LogP contribution in [0.3, 0.4) is 0 Å². The fourth-order valence-electron chi connectivity index (χ4n) is 5.37. The first-order valence-corrected chi connectivity index (χ1v) is 14.4. The number of aryl methyl sites for hydroxylation is 1. The lowest BCUT2D eigenvalue weighted by atomic mass is 9.75. The van der Waals surface area contributed by atoms with Gasteiger partial charge in [0.05, 0.1) is 5.52 Å². The minimum Gasteiger partial charge on any atom is -0.378 e. The van der Waals surface area contributed by atoms with E-state index in [2.05, 4.69) is 125 Å². The number of rotatable bonds is 12. The molecule has 4 aromatic rings. The first-order valence-electron chi connectivity index (χ1n) is 14.4. The second kappa shape index (κ2) is 13.6. The van der Waals surface area contributed by atoms with Crippen molar-refractivity contribution < 1.29 is 0 Å². The van der Waals surface area contributed by atoms with Crippen LogP contribution in [0.4, 0.5) is 0 Å². The van der Waals surface area contributed by atoms with Crippen molar-refractivity contribution in [2.24, 2.45) is 0 Å². The molecule has 0 unspecified atom stereocenters. The van der Waals surface area contributed by atoms with Crippen molar-refractivity contribution in [1.82, 2.24) is 20.4 Å². The van der Waals surface area contributed by atoms with Crippen LogP contribution in [0.15, 0.2) is 85.1 Å². The van der Waals surface area contributed by atoms with Gasteiger partial charge in [0, 0.05) is 37.3 Å². The Bertz CT molecular complexity index is 1510. The SMILES string of the molecule is Bc1cccc(B)c1/C(CC)=C(\c1ccc(CCCNC/C=C/C(=C)N(C)C)cc1)c1ccc2[nH]nc(B)c2c1. The maximum Gasteiger partial charge on any atom is 0.167 e. The third-order valence-electron chi connectivity index (χ3n) is 7.69. The van der Waals surface area contributed by atoms with Gasteiger partial charge in [-0.3, -0.25) is 5.10 Å². The van der Waals surface area contributed by atoms with Crippen molar-refractivity contribution >= 4 is 62.1 Å². The fourth-order valence-corrected chi connectivity index (χ4v) is 5.37. The van der Waals surface area contributed by atoms with Gasteiger partial charge in [-0.25, -0.2) is 0 Å². The highest BCUT2D eigenvalue weighted by atomic mass is 15.1. The van der Waals surface area contributed by atoms with Crippen molar-refractivity contribution in [2.45, 2.75) is 26.2 Å². The topological polar surface area (TPSA) is 44.0 Å². The number of aromatic amines is 1. The molecule has 0 aliphatic heterocycles. The number of hydrogen-bond acceptors (Lipinski definition) is 3. The number of nitrogens with one attached hydrogen (secondary N) is 2. The van der Waals surface area contributed by atoms with Gasteiger partial charge in [0.2, 0.25) is 0 Å². The smallest absolute Gasteiger partial charge is 0.167 e. The number of benzene rings is 3. The monoisotopic (exact) mass is 526 g/mol. The van der Waals surface area contributed by atoms with E-state index in [4.69, 9.17) is 0 Å². The second-order valence-corrected chi connectivity index (χ2v) is 10.8. The molecule has 0 saturated carbocycles. The van der Waals surface area contributed by atoms with E-state index in [1.807, 2.05) is 19.0 Å². The summed E-state index contributed by atoms with van der Waals surface area (Å²) in [5.74, 6) is 0. The van der Waals surface area contributed by atoms with Gasteiger partial charge in [-0.15, -0.1) is 0 Å². The van der Waals surface area contributed by atoms with Crippen molar-refractivity contribution in [2.75, 3.05) is 27.2 Å². The molecule has 0 atom stereocenters. The van der Waals surface area contributed by atoms with E-state index >= 15 is 0 Å². The van der Waals surface area contributed by atoms with Crippen LogP contribution in [0.5, 0.6) is 0 Å². The number of fused-ring (bicyclic) bond motifs is 1. The van der Waals surface area contributed by atoms with Crippen LogP contribution in [0.1, 0.15) is 42.0 Å². The maximum absolute atomic E-state index is 4.44. The zero-order chi connectivity index (χ0) is 28.6. The quantitative estimate of drug-likeness (QED) is 0.128. The Morgan fingerprint density at radius 3 is 2.38 bits per heavy atom. The zero-order valence-corrected chi connectivity index (χ0v) is 25.1. The molecule has 0 bridgehead atoms. The Morgan fingerprint density at radius 2 is 1.70 bits per heavy atom. The Balaban J connectivity index is 1.59. The van der Waals surface area contributed by atoms with E-state index in [1.165, 1.54) is 49.7 Å². The van der Waals surface area contributed by atoms with Crippen LogP contribution in [-0.2, 0) is 6.42 Å². The van der Waals surface area contributed by atoms with Crippen LogP contribution in [0.2, 0.25) is 0 Å². The van der Waals surface area contributed by atoms with Gasteiger partial charge in [-0.1, -0.05) is 79.0 Å². The van der Waals surface area contributed by atoms with Gasteiger partial charge >= 0.3 is 0 Å². The van der Waals surface area contributed by atoms with Crippen molar-refractivity contribution in [3.8, 4) is 0 Å². The molecule has 0 spiro atoms. The van der Waals surface area contributed by atoms with Gasteiger partial charge in [-0.05, 0) is 77.4 Å². The summed E-state index contributed by atoms with van der Waals surface area (Å²) in [6, 6.07) is 22.5. The summed E-state index contributed by atoms with van der Waals surface area (Å²) in [6.07, 6.45) is 7.30. The molecule has 2 N–H and O–H groups in total. The van der Waals surface area contributed by atoms with Gasteiger partial charge in [-0.2, -0.15) is 5.10 Å². The van der Waals surface area contributed by atoms with Crippen molar-refractivity contribution in [3.63, 3.8) is 0 Å². The van der Waals surface area contributed by atoms with E-state index in [-0.39, 0.29) is 0 Å². The summed E-state index contributed by atoms with van der Waals surface area (Å²) < 4.78 is 0. The first kappa shape index (κ1) is 29.3. The summed E-state index contributed by atoms with van der Waals surface area (Å²) in [4.78, 5) is 2.02. The lowest BCUT2D eigenvalue weighted by molar-refractivity contribution is 0.532.